The van der Waals surface area contributed by atoms with Crippen LogP contribution in [-0.4, -0.2) is 47.2 Å². The molecule has 0 aliphatic carbocycles. The van der Waals surface area contributed by atoms with Crippen molar-refractivity contribution in [1.82, 2.24) is 15.1 Å². The van der Waals surface area contributed by atoms with Gasteiger partial charge in [-0.2, -0.15) is 4.98 Å². The fraction of sp³-hybridized carbons (Fsp3) is 0.450. The third kappa shape index (κ3) is 3.28. The largest absolute Gasteiger partial charge is 0.356 e. The summed E-state index contributed by atoms with van der Waals surface area (Å²) in [6.07, 6.45) is 1.45. The first kappa shape index (κ1) is 19.1. The second-order valence-electron chi connectivity index (χ2n) is 7.46. The third-order valence-corrected chi connectivity index (χ3v) is 6.25. The predicted octanol–water partition coefficient (Wildman–Crippen LogP) is 3.99. The Labute approximate surface area is 180 Å². The van der Waals surface area contributed by atoms with Crippen LogP contribution in [0, 0.1) is 23.2 Å². The average molecular weight is 510 g/mol. The number of aromatic nitrogens is 3. The lowest BCUT2D eigenvalue weighted by Crippen LogP contribution is -2.45. The Morgan fingerprint density at radius 2 is 1.83 bits per heavy atom. The molecule has 5 rings (SSSR count). The summed E-state index contributed by atoms with van der Waals surface area (Å²) < 4.78 is 32.8. The number of pyridine rings is 1. The second kappa shape index (κ2) is 7.13. The van der Waals surface area contributed by atoms with Gasteiger partial charge in [0.15, 0.2) is 17.4 Å². The van der Waals surface area contributed by atoms with Crippen molar-refractivity contribution in [3.05, 3.63) is 32.9 Å². The summed E-state index contributed by atoms with van der Waals surface area (Å²) in [6.45, 7) is 6.35. The van der Waals surface area contributed by atoms with Crippen LogP contribution in [0.2, 0.25) is 0 Å². The van der Waals surface area contributed by atoms with Gasteiger partial charge >= 0.3 is 0 Å². The highest BCUT2D eigenvalue weighted by Crippen LogP contribution is 2.40. The van der Waals surface area contributed by atoms with Gasteiger partial charge in [-0.3, -0.25) is 0 Å². The van der Waals surface area contributed by atoms with Gasteiger partial charge in [0.25, 0.3) is 5.89 Å². The molecule has 1 aromatic carbocycles. The number of rotatable bonds is 2. The van der Waals surface area contributed by atoms with Crippen LogP contribution in [0.3, 0.4) is 0 Å². The normalized spacial score (nSPS) is 18.8. The second-order valence-corrected chi connectivity index (χ2v) is 8.71. The van der Waals surface area contributed by atoms with Crippen molar-refractivity contribution >= 4 is 39.3 Å². The molecule has 0 N–H and O–H groups in total. The molecule has 2 fully saturated rings. The number of benzene rings is 1. The van der Waals surface area contributed by atoms with E-state index in [1.165, 1.54) is 6.07 Å². The summed E-state index contributed by atoms with van der Waals surface area (Å²) in [4.78, 5) is 11.3. The first-order valence-corrected chi connectivity index (χ1v) is 10.7. The van der Waals surface area contributed by atoms with Gasteiger partial charge in [0.1, 0.15) is 11.3 Å². The SMILES string of the molecule is Cc1noc(-c2c(N3CCC4(CC3)OCCO4)nc3c(F)cc(I)cc3c2C)n1. The van der Waals surface area contributed by atoms with Crippen LogP contribution >= 0.6 is 22.6 Å². The first-order chi connectivity index (χ1) is 14.0. The van der Waals surface area contributed by atoms with E-state index < -0.39 is 5.79 Å². The Bertz CT molecular complexity index is 1090. The number of nitrogens with zero attached hydrogens (tertiary/aromatic N) is 4. The average Bonchev–Trinajstić information content (AvgIpc) is 3.32. The van der Waals surface area contributed by atoms with Crippen LogP contribution in [0.4, 0.5) is 10.2 Å². The Hall–Kier alpha value is -1.85. The summed E-state index contributed by atoms with van der Waals surface area (Å²) in [7, 11) is 0. The van der Waals surface area contributed by atoms with Crippen molar-refractivity contribution in [2.24, 2.45) is 0 Å². The van der Waals surface area contributed by atoms with Crippen molar-refractivity contribution in [1.29, 1.82) is 0 Å². The molecule has 2 aromatic heterocycles. The monoisotopic (exact) mass is 510 g/mol. The fourth-order valence-corrected chi connectivity index (χ4v) is 4.74. The zero-order chi connectivity index (χ0) is 20.2. The van der Waals surface area contributed by atoms with Crippen LogP contribution in [0.1, 0.15) is 24.2 Å². The highest BCUT2D eigenvalue weighted by Gasteiger charge is 2.41. The number of halogens is 2. The van der Waals surface area contributed by atoms with E-state index in [9.17, 15) is 4.39 Å². The molecule has 152 valence electrons. The Morgan fingerprint density at radius 3 is 2.48 bits per heavy atom. The lowest BCUT2D eigenvalue weighted by Gasteiger charge is -2.38. The van der Waals surface area contributed by atoms with Crippen molar-refractivity contribution < 1.29 is 18.4 Å². The standard InChI is InChI=1S/C20H20FIN4O3/c1-11-14-9-13(22)10-15(21)17(14)24-18(16(11)19-23-12(2)25-29-19)26-5-3-20(4-6-26)27-7-8-28-20/h9-10H,3-8H2,1-2H3. The molecule has 7 nitrogen and oxygen atoms in total. The van der Waals surface area contributed by atoms with Gasteiger partial charge < -0.3 is 18.9 Å². The summed E-state index contributed by atoms with van der Waals surface area (Å²) in [6, 6.07) is 3.43. The van der Waals surface area contributed by atoms with Gasteiger partial charge in [-0.1, -0.05) is 5.16 Å². The van der Waals surface area contributed by atoms with E-state index in [1.54, 1.807) is 6.92 Å². The number of fused-ring (bicyclic) bond motifs is 1. The molecular formula is C20H20FIN4O3. The molecule has 0 amide bonds. The molecule has 0 unspecified atom stereocenters. The molecule has 1 spiro atoms. The zero-order valence-corrected chi connectivity index (χ0v) is 18.3. The van der Waals surface area contributed by atoms with Crippen molar-refractivity contribution in [2.75, 3.05) is 31.2 Å². The van der Waals surface area contributed by atoms with Crippen LogP contribution in [-0.2, 0) is 9.47 Å². The van der Waals surface area contributed by atoms with Crippen molar-refractivity contribution in [3.63, 3.8) is 0 Å². The van der Waals surface area contributed by atoms with Crippen LogP contribution in [0.25, 0.3) is 22.4 Å². The Balaban J connectivity index is 1.65. The molecule has 2 aliphatic rings. The van der Waals surface area contributed by atoms with E-state index in [0.29, 0.717) is 49.4 Å². The van der Waals surface area contributed by atoms with Crippen LogP contribution in [0.5, 0.6) is 0 Å². The summed E-state index contributed by atoms with van der Waals surface area (Å²) in [5.74, 6) is 0.777. The van der Waals surface area contributed by atoms with Crippen LogP contribution < -0.4 is 4.90 Å². The molecular weight excluding hydrogens is 490 g/mol. The zero-order valence-electron chi connectivity index (χ0n) is 16.2. The molecule has 2 saturated heterocycles. The fourth-order valence-electron chi connectivity index (χ4n) is 4.16. The highest BCUT2D eigenvalue weighted by molar-refractivity contribution is 14.1. The van der Waals surface area contributed by atoms with E-state index in [0.717, 1.165) is 32.9 Å². The van der Waals surface area contributed by atoms with Crippen molar-refractivity contribution in [2.45, 2.75) is 32.5 Å². The van der Waals surface area contributed by atoms with Gasteiger partial charge in [0.05, 0.1) is 18.8 Å². The molecule has 4 heterocycles. The van der Waals surface area contributed by atoms with E-state index in [1.807, 2.05) is 13.0 Å². The lowest BCUT2D eigenvalue weighted by atomic mass is 10.00. The minimum atomic E-state index is -0.495. The summed E-state index contributed by atoms with van der Waals surface area (Å²) >= 11 is 2.11. The van der Waals surface area contributed by atoms with E-state index >= 15 is 0 Å². The van der Waals surface area contributed by atoms with Gasteiger partial charge in [-0.25, -0.2) is 9.37 Å². The molecule has 3 aromatic rings. The highest BCUT2D eigenvalue weighted by atomic mass is 127. The van der Waals surface area contributed by atoms with Gasteiger partial charge in [0, 0.05) is 34.9 Å². The number of hydrogen-bond donors (Lipinski definition) is 0. The summed E-state index contributed by atoms with van der Waals surface area (Å²) in [5, 5.41) is 4.70. The minimum absolute atomic E-state index is 0.333. The Kier molecular flexibility index (Phi) is 4.71. The number of aryl methyl sites for hydroxylation is 2. The molecule has 0 atom stereocenters. The minimum Gasteiger partial charge on any atom is -0.356 e. The molecule has 0 radical (unpaired) electrons. The maximum atomic E-state index is 14.8. The smallest absolute Gasteiger partial charge is 0.261 e. The van der Waals surface area contributed by atoms with Gasteiger partial charge in [-0.05, 0) is 54.1 Å². The van der Waals surface area contributed by atoms with Crippen molar-refractivity contribution in [3.8, 4) is 11.5 Å². The topological polar surface area (TPSA) is 73.5 Å². The first-order valence-electron chi connectivity index (χ1n) is 9.59. The molecule has 29 heavy (non-hydrogen) atoms. The Morgan fingerprint density at radius 1 is 1.10 bits per heavy atom. The predicted molar refractivity (Wildman–Crippen MR) is 113 cm³/mol. The number of anilines is 1. The van der Waals surface area contributed by atoms with Gasteiger partial charge in [-0.15, -0.1) is 0 Å². The maximum absolute atomic E-state index is 14.8. The molecule has 0 saturated carbocycles. The number of hydrogen-bond acceptors (Lipinski definition) is 7. The maximum Gasteiger partial charge on any atom is 0.261 e. The lowest BCUT2D eigenvalue weighted by molar-refractivity contribution is -0.169. The number of ether oxygens (including phenoxy) is 2. The van der Waals surface area contributed by atoms with E-state index in [4.69, 9.17) is 19.0 Å². The van der Waals surface area contributed by atoms with Gasteiger partial charge in [0.2, 0.25) is 0 Å². The van der Waals surface area contributed by atoms with E-state index in [-0.39, 0.29) is 5.82 Å². The molecule has 0 bridgehead atoms. The quantitative estimate of drug-likeness (QED) is 0.483. The summed E-state index contributed by atoms with van der Waals surface area (Å²) in [5.41, 5.74) is 1.98. The van der Waals surface area contributed by atoms with E-state index in [2.05, 4.69) is 37.6 Å². The third-order valence-electron chi connectivity index (χ3n) is 5.63. The molecule has 9 heteroatoms. The van der Waals surface area contributed by atoms with Crippen LogP contribution in [0.15, 0.2) is 16.7 Å². The molecule has 2 aliphatic heterocycles. The number of piperidine rings is 1.